The second-order valence-electron chi connectivity index (χ2n) is 10.3. The van der Waals surface area contributed by atoms with E-state index in [0.717, 1.165) is 30.2 Å². The van der Waals surface area contributed by atoms with Crippen LogP contribution in [0.25, 0.3) is 0 Å². The van der Waals surface area contributed by atoms with Crippen molar-refractivity contribution >= 4 is 0 Å². The molecule has 2 heterocycles. The van der Waals surface area contributed by atoms with E-state index in [2.05, 4.69) is 37.9 Å². The lowest BCUT2D eigenvalue weighted by Gasteiger charge is -2.32. The molecular formula is C30H42F6N2O2. The molecule has 0 saturated heterocycles. The summed E-state index contributed by atoms with van der Waals surface area (Å²) in [6.45, 7) is 10.7. The van der Waals surface area contributed by atoms with Gasteiger partial charge in [0.25, 0.3) is 0 Å². The normalized spacial score (nSPS) is 15.8. The third-order valence-corrected chi connectivity index (χ3v) is 7.11. The van der Waals surface area contributed by atoms with Gasteiger partial charge in [-0.15, -0.1) is 0 Å². The summed E-state index contributed by atoms with van der Waals surface area (Å²) >= 11 is 0. The van der Waals surface area contributed by atoms with Gasteiger partial charge in [-0.2, -0.15) is 26.3 Å². The van der Waals surface area contributed by atoms with Gasteiger partial charge in [0, 0.05) is 37.3 Å². The van der Waals surface area contributed by atoms with E-state index >= 15 is 0 Å². The van der Waals surface area contributed by atoms with Crippen LogP contribution in [0.1, 0.15) is 72.6 Å². The minimum atomic E-state index is -4.56. The SMILES string of the molecule is CC.COc1cc2c(c(C(F)(F)F)c1C)CCN(CC(F)(F)F)C2.COc1ccc2c(c1C(C)C)CCN(C)C2. The van der Waals surface area contributed by atoms with Crippen molar-refractivity contribution in [2.75, 3.05) is 40.9 Å². The zero-order chi connectivity index (χ0) is 30.4. The Morgan fingerprint density at radius 2 is 1.45 bits per heavy atom. The topological polar surface area (TPSA) is 24.9 Å². The van der Waals surface area contributed by atoms with Crippen molar-refractivity contribution in [3.05, 3.63) is 57.1 Å². The highest BCUT2D eigenvalue weighted by molar-refractivity contribution is 5.51. The van der Waals surface area contributed by atoms with Crippen LogP contribution < -0.4 is 9.47 Å². The molecular weight excluding hydrogens is 534 g/mol. The van der Waals surface area contributed by atoms with E-state index in [4.69, 9.17) is 9.47 Å². The largest absolute Gasteiger partial charge is 0.496 e. The van der Waals surface area contributed by atoms with E-state index in [0.29, 0.717) is 5.92 Å². The molecule has 2 aliphatic rings. The van der Waals surface area contributed by atoms with Gasteiger partial charge in [-0.1, -0.05) is 33.8 Å². The van der Waals surface area contributed by atoms with Crippen molar-refractivity contribution in [3.63, 3.8) is 0 Å². The van der Waals surface area contributed by atoms with Crippen LogP contribution >= 0.6 is 0 Å². The molecule has 0 amide bonds. The third-order valence-electron chi connectivity index (χ3n) is 7.11. The Kier molecular flexibility index (Phi) is 11.8. The number of hydrogen-bond acceptors (Lipinski definition) is 4. The average molecular weight is 577 g/mol. The molecule has 2 aliphatic heterocycles. The maximum absolute atomic E-state index is 13.3. The van der Waals surface area contributed by atoms with Crippen molar-refractivity contribution in [2.45, 2.75) is 78.8 Å². The summed E-state index contributed by atoms with van der Waals surface area (Å²) in [7, 11) is 5.19. The van der Waals surface area contributed by atoms with Gasteiger partial charge in [-0.05, 0) is 67.1 Å². The van der Waals surface area contributed by atoms with E-state index in [1.54, 1.807) is 7.11 Å². The molecule has 0 aliphatic carbocycles. The Labute approximate surface area is 234 Å². The van der Waals surface area contributed by atoms with E-state index in [9.17, 15) is 26.3 Å². The van der Waals surface area contributed by atoms with Crippen molar-refractivity contribution in [3.8, 4) is 11.5 Å². The predicted molar refractivity (Wildman–Crippen MR) is 146 cm³/mol. The maximum atomic E-state index is 13.3. The first kappa shape index (κ1) is 33.7. The number of benzene rings is 2. The number of ether oxygens (including phenoxy) is 2. The van der Waals surface area contributed by atoms with Crippen LogP contribution in [0.5, 0.6) is 11.5 Å². The first-order valence-corrected chi connectivity index (χ1v) is 13.6. The number of alkyl halides is 6. The van der Waals surface area contributed by atoms with Crippen LogP contribution in [0, 0.1) is 6.92 Å². The Morgan fingerprint density at radius 3 is 1.98 bits per heavy atom. The molecule has 0 bridgehead atoms. The molecule has 0 N–H and O–H groups in total. The summed E-state index contributed by atoms with van der Waals surface area (Å²) in [6, 6.07) is 5.74. The number of rotatable bonds is 4. The quantitative estimate of drug-likeness (QED) is 0.347. The van der Waals surface area contributed by atoms with Gasteiger partial charge in [0.15, 0.2) is 0 Å². The summed E-state index contributed by atoms with van der Waals surface area (Å²) in [4.78, 5) is 3.47. The maximum Gasteiger partial charge on any atom is 0.417 e. The molecule has 0 radical (unpaired) electrons. The van der Waals surface area contributed by atoms with Crippen LogP contribution in [0.2, 0.25) is 0 Å². The molecule has 2 aromatic rings. The summed E-state index contributed by atoms with van der Waals surface area (Å²) < 4.78 is 87.6. The second-order valence-corrected chi connectivity index (χ2v) is 10.3. The molecule has 0 saturated carbocycles. The average Bonchev–Trinajstić information content (AvgIpc) is 2.87. The Bertz CT molecular complexity index is 1130. The summed E-state index contributed by atoms with van der Waals surface area (Å²) in [5.41, 5.74) is 3.90. The van der Waals surface area contributed by atoms with Crippen LogP contribution in [0.15, 0.2) is 18.2 Å². The lowest BCUT2D eigenvalue weighted by molar-refractivity contribution is -0.149. The molecule has 0 fully saturated rings. The van der Waals surface area contributed by atoms with Crippen molar-refractivity contribution in [1.29, 1.82) is 0 Å². The van der Waals surface area contributed by atoms with Crippen LogP contribution in [-0.2, 0) is 32.1 Å². The highest BCUT2D eigenvalue weighted by Crippen LogP contribution is 2.42. The van der Waals surface area contributed by atoms with Crippen LogP contribution in [0.4, 0.5) is 26.3 Å². The molecule has 4 nitrogen and oxygen atoms in total. The van der Waals surface area contributed by atoms with Crippen molar-refractivity contribution in [1.82, 2.24) is 9.80 Å². The minimum Gasteiger partial charge on any atom is -0.496 e. The number of nitrogens with zero attached hydrogens (tertiary/aromatic N) is 2. The predicted octanol–water partition coefficient (Wildman–Crippen LogP) is 7.78. The highest BCUT2D eigenvalue weighted by atomic mass is 19.4. The van der Waals surface area contributed by atoms with Gasteiger partial charge in [0.05, 0.1) is 26.3 Å². The lowest BCUT2D eigenvalue weighted by atomic mass is 9.88. The molecule has 2 aromatic carbocycles. The van der Waals surface area contributed by atoms with Crippen molar-refractivity contribution < 1.29 is 35.8 Å². The number of fused-ring (bicyclic) bond motifs is 2. The fourth-order valence-corrected chi connectivity index (χ4v) is 5.48. The molecule has 0 aromatic heterocycles. The standard InChI is InChI=1S/C14H15F6NO.C14H21NO.C2H6/c1-8-11(22-2)5-9-6-21(7-13(15,16)17)4-3-10(9)12(8)14(18,19)20;1-10(2)14-12-7-8-15(3)9-11(12)5-6-13(14)16-4;1-2/h5H,3-4,6-7H2,1-2H3;5-6,10H,7-9H2,1-4H3;1-2H3. The fourth-order valence-electron chi connectivity index (χ4n) is 5.48. The molecule has 4 rings (SSSR count). The van der Waals surface area contributed by atoms with Crippen LogP contribution in [-0.4, -0.2) is 56.9 Å². The molecule has 226 valence electrons. The molecule has 40 heavy (non-hydrogen) atoms. The molecule has 10 heteroatoms. The molecule has 0 atom stereocenters. The molecule has 0 unspecified atom stereocenters. The summed E-state index contributed by atoms with van der Waals surface area (Å²) in [5, 5.41) is 0. The smallest absolute Gasteiger partial charge is 0.417 e. The fraction of sp³-hybridized carbons (Fsp3) is 0.600. The zero-order valence-corrected chi connectivity index (χ0v) is 24.7. The first-order valence-electron chi connectivity index (χ1n) is 13.6. The van der Waals surface area contributed by atoms with E-state index in [-0.39, 0.29) is 42.0 Å². The second kappa shape index (κ2) is 13.9. The Morgan fingerprint density at radius 1 is 0.850 bits per heavy atom. The van der Waals surface area contributed by atoms with Gasteiger partial charge in [0.1, 0.15) is 11.5 Å². The van der Waals surface area contributed by atoms with Gasteiger partial charge in [0.2, 0.25) is 0 Å². The van der Waals surface area contributed by atoms with Crippen molar-refractivity contribution in [2.24, 2.45) is 0 Å². The van der Waals surface area contributed by atoms with E-state index < -0.39 is 24.5 Å². The first-order chi connectivity index (χ1) is 18.7. The Hall–Kier alpha value is -2.46. The lowest BCUT2D eigenvalue weighted by Crippen LogP contribution is -2.38. The number of methoxy groups -OCH3 is 2. The van der Waals surface area contributed by atoms with Gasteiger partial charge in [-0.25, -0.2) is 0 Å². The van der Waals surface area contributed by atoms with Gasteiger partial charge >= 0.3 is 12.4 Å². The summed E-state index contributed by atoms with van der Waals surface area (Å²) in [5.74, 6) is 1.63. The third kappa shape index (κ3) is 8.28. The number of halogens is 6. The molecule has 0 spiro atoms. The van der Waals surface area contributed by atoms with Gasteiger partial charge < -0.3 is 14.4 Å². The zero-order valence-electron chi connectivity index (χ0n) is 24.7. The minimum absolute atomic E-state index is 0.0296. The van der Waals surface area contributed by atoms with E-state index in [1.807, 2.05) is 13.8 Å². The Balaban J connectivity index is 0.000000275. The van der Waals surface area contributed by atoms with Gasteiger partial charge in [-0.3, -0.25) is 4.90 Å². The number of hydrogen-bond donors (Lipinski definition) is 0. The number of likely N-dealkylation sites (N-methyl/N-ethyl adjacent to an activating group) is 1. The van der Waals surface area contributed by atoms with E-state index in [1.165, 1.54) is 36.8 Å². The monoisotopic (exact) mass is 576 g/mol. The summed E-state index contributed by atoms with van der Waals surface area (Å²) in [6.07, 6.45) is -7.85. The van der Waals surface area contributed by atoms with Crippen LogP contribution in [0.3, 0.4) is 0 Å². The highest BCUT2D eigenvalue weighted by Gasteiger charge is 2.40.